The lowest BCUT2D eigenvalue weighted by atomic mass is 10.0. The standard InChI is InChI=1S/C14H19N3/c1-10-4-5-13(7-15)14(6-10)17-9-11(2)16-8-12(17)3/h4-6,11-12,16H,8-9H2,1-3H3. The molecule has 1 N–H and O–H groups in total. The maximum Gasteiger partial charge on any atom is 0.101 e. The van der Waals surface area contributed by atoms with Crippen LogP contribution in [0.15, 0.2) is 18.2 Å². The van der Waals surface area contributed by atoms with Crippen LogP contribution in [0.2, 0.25) is 0 Å². The van der Waals surface area contributed by atoms with E-state index in [4.69, 9.17) is 0 Å². The lowest BCUT2D eigenvalue weighted by Gasteiger charge is -2.39. The molecule has 0 saturated carbocycles. The van der Waals surface area contributed by atoms with Gasteiger partial charge in [0.15, 0.2) is 0 Å². The first-order chi connectivity index (χ1) is 8.11. The molecule has 0 aromatic heterocycles. The highest BCUT2D eigenvalue weighted by Gasteiger charge is 2.24. The van der Waals surface area contributed by atoms with Gasteiger partial charge in [-0.3, -0.25) is 0 Å². The molecule has 1 saturated heterocycles. The Balaban J connectivity index is 2.38. The van der Waals surface area contributed by atoms with Crippen LogP contribution in [0.3, 0.4) is 0 Å². The van der Waals surface area contributed by atoms with Crippen molar-refractivity contribution in [3.8, 4) is 6.07 Å². The average Bonchev–Trinajstić information content (AvgIpc) is 2.32. The minimum Gasteiger partial charge on any atom is -0.365 e. The van der Waals surface area contributed by atoms with Crippen LogP contribution in [0.5, 0.6) is 0 Å². The first-order valence-electron chi connectivity index (χ1n) is 6.12. The molecule has 3 heteroatoms. The molecule has 0 bridgehead atoms. The number of hydrogen-bond donors (Lipinski definition) is 1. The van der Waals surface area contributed by atoms with Crippen molar-refractivity contribution in [2.24, 2.45) is 0 Å². The topological polar surface area (TPSA) is 39.1 Å². The maximum absolute atomic E-state index is 9.20. The summed E-state index contributed by atoms with van der Waals surface area (Å²) in [6.45, 7) is 8.38. The summed E-state index contributed by atoms with van der Waals surface area (Å²) in [5.41, 5.74) is 3.06. The molecular weight excluding hydrogens is 210 g/mol. The molecule has 1 heterocycles. The normalized spacial score (nSPS) is 24.5. The molecule has 0 amide bonds. The van der Waals surface area contributed by atoms with Crippen molar-refractivity contribution in [1.29, 1.82) is 5.26 Å². The van der Waals surface area contributed by atoms with Crippen LogP contribution in [0.25, 0.3) is 0 Å². The third-order valence-corrected chi connectivity index (χ3v) is 3.35. The molecule has 90 valence electrons. The van der Waals surface area contributed by atoms with E-state index in [1.807, 2.05) is 12.1 Å². The number of aryl methyl sites for hydroxylation is 1. The number of benzene rings is 1. The van der Waals surface area contributed by atoms with Crippen molar-refractivity contribution in [3.63, 3.8) is 0 Å². The van der Waals surface area contributed by atoms with Crippen LogP contribution in [0.4, 0.5) is 5.69 Å². The zero-order chi connectivity index (χ0) is 12.4. The van der Waals surface area contributed by atoms with E-state index in [1.54, 1.807) is 0 Å². The third-order valence-electron chi connectivity index (χ3n) is 3.35. The van der Waals surface area contributed by atoms with Gasteiger partial charge < -0.3 is 10.2 Å². The molecule has 2 unspecified atom stereocenters. The highest BCUT2D eigenvalue weighted by molar-refractivity contribution is 5.61. The maximum atomic E-state index is 9.20. The van der Waals surface area contributed by atoms with E-state index in [0.717, 1.165) is 24.3 Å². The van der Waals surface area contributed by atoms with E-state index < -0.39 is 0 Å². The molecule has 1 aromatic rings. The van der Waals surface area contributed by atoms with Crippen molar-refractivity contribution in [2.45, 2.75) is 32.9 Å². The quantitative estimate of drug-likeness (QED) is 0.801. The summed E-state index contributed by atoms with van der Waals surface area (Å²) in [5.74, 6) is 0. The van der Waals surface area contributed by atoms with Crippen LogP contribution >= 0.6 is 0 Å². The lowest BCUT2D eigenvalue weighted by molar-refractivity contribution is 0.425. The number of rotatable bonds is 1. The SMILES string of the molecule is Cc1ccc(C#N)c(N2CC(C)NCC2C)c1. The highest BCUT2D eigenvalue weighted by Crippen LogP contribution is 2.25. The number of nitrogens with zero attached hydrogens (tertiary/aromatic N) is 2. The van der Waals surface area contributed by atoms with Gasteiger partial charge in [0.1, 0.15) is 6.07 Å². The Kier molecular flexibility index (Phi) is 3.35. The van der Waals surface area contributed by atoms with E-state index >= 15 is 0 Å². The van der Waals surface area contributed by atoms with E-state index in [2.05, 4.69) is 43.1 Å². The fourth-order valence-corrected chi connectivity index (χ4v) is 2.33. The fourth-order valence-electron chi connectivity index (χ4n) is 2.33. The monoisotopic (exact) mass is 229 g/mol. The van der Waals surface area contributed by atoms with Gasteiger partial charge in [0.2, 0.25) is 0 Å². The van der Waals surface area contributed by atoms with Crippen LogP contribution in [0.1, 0.15) is 25.0 Å². The van der Waals surface area contributed by atoms with Crippen molar-refractivity contribution < 1.29 is 0 Å². The Morgan fingerprint density at radius 3 is 2.88 bits per heavy atom. The van der Waals surface area contributed by atoms with Crippen LogP contribution in [-0.4, -0.2) is 25.2 Å². The molecule has 1 aromatic carbocycles. The van der Waals surface area contributed by atoms with Gasteiger partial charge in [-0.25, -0.2) is 0 Å². The second-order valence-corrected chi connectivity index (χ2v) is 4.94. The number of nitriles is 1. The summed E-state index contributed by atoms with van der Waals surface area (Å²) >= 11 is 0. The Bertz CT molecular complexity index is 447. The van der Waals surface area contributed by atoms with E-state index in [-0.39, 0.29) is 0 Å². The van der Waals surface area contributed by atoms with Crippen LogP contribution < -0.4 is 10.2 Å². The molecule has 0 radical (unpaired) electrons. The second-order valence-electron chi connectivity index (χ2n) is 4.94. The van der Waals surface area contributed by atoms with E-state index in [9.17, 15) is 5.26 Å². The number of hydrogen-bond acceptors (Lipinski definition) is 3. The minimum absolute atomic E-state index is 0.431. The van der Waals surface area contributed by atoms with E-state index in [0.29, 0.717) is 12.1 Å². The van der Waals surface area contributed by atoms with Crippen LogP contribution in [-0.2, 0) is 0 Å². The lowest BCUT2D eigenvalue weighted by Crippen LogP contribution is -2.54. The molecular formula is C14H19N3. The molecule has 1 aliphatic rings. The molecule has 0 aliphatic carbocycles. The zero-order valence-electron chi connectivity index (χ0n) is 10.7. The fraction of sp³-hybridized carbons (Fsp3) is 0.500. The van der Waals surface area contributed by atoms with Crippen molar-refractivity contribution in [1.82, 2.24) is 5.32 Å². The number of anilines is 1. The predicted molar refractivity (Wildman–Crippen MR) is 70.2 cm³/mol. The summed E-state index contributed by atoms with van der Waals surface area (Å²) in [5, 5.41) is 12.7. The molecule has 1 fully saturated rings. The number of nitrogens with one attached hydrogen (secondary N) is 1. The van der Waals surface area contributed by atoms with Gasteiger partial charge in [-0.05, 0) is 38.5 Å². The molecule has 17 heavy (non-hydrogen) atoms. The van der Waals surface area contributed by atoms with Gasteiger partial charge in [-0.1, -0.05) is 6.07 Å². The second kappa shape index (κ2) is 4.77. The Labute approximate surface area is 103 Å². The predicted octanol–water partition coefficient (Wildman–Crippen LogP) is 2.05. The summed E-state index contributed by atoms with van der Waals surface area (Å²) in [6, 6.07) is 9.23. The number of piperazine rings is 1. The van der Waals surface area contributed by atoms with Gasteiger partial charge in [0.05, 0.1) is 11.3 Å². The highest BCUT2D eigenvalue weighted by atomic mass is 15.2. The first-order valence-corrected chi connectivity index (χ1v) is 6.12. The Morgan fingerprint density at radius 2 is 2.18 bits per heavy atom. The Morgan fingerprint density at radius 1 is 1.41 bits per heavy atom. The van der Waals surface area contributed by atoms with Crippen LogP contribution in [0, 0.1) is 18.3 Å². The first kappa shape index (κ1) is 11.9. The van der Waals surface area contributed by atoms with Crippen molar-refractivity contribution in [3.05, 3.63) is 29.3 Å². The van der Waals surface area contributed by atoms with Crippen molar-refractivity contribution in [2.75, 3.05) is 18.0 Å². The summed E-state index contributed by atoms with van der Waals surface area (Å²) in [6.07, 6.45) is 0. The molecule has 2 atom stereocenters. The van der Waals surface area contributed by atoms with Gasteiger partial charge in [-0.15, -0.1) is 0 Å². The molecule has 2 rings (SSSR count). The average molecular weight is 229 g/mol. The summed E-state index contributed by atoms with van der Waals surface area (Å²) < 4.78 is 0. The Hall–Kier alpha value is -1.53. The largest absolute Gasteiger partial charge is 0.365 e. The smallest absolute Gasteiger partial charge is 0.101 e. The van der Waals surface area contributed by atoms with Gasteiger partial charge in [0.25, 0.3) is 0 Å². The molecule has 0 spiro atoms. The van der Waals surface area contributed by atoms with Gasteiger partial charge >= 0.3 is 0 Å². The third kappa shape index (κ3) is 2.42. The summed E-state index contributed by atoms with van der Waals surface area (Å²) in [7, 11) is 0. The molecule has 3 nitrogen and oxygen atoms in total. The molecule has 1 aliphatic heterocycles. The van der Waals surface area contributed by atoms with Crippen molar-refractivity contribution >= 4 is 5.69 Å². The minimum atomic E-state index is 0.431. The van der Waals surface area contributed by atoms with Gasteiger partial charge in [0, 0.05) is 25.2 Å². The summed E-state index contributed by atoms with van der Waals surface area (Å²) in [4.78, 5) is 2.34. The van der Waals surface area contributed by atoms with Gasteiger partial charge in [-0.2, -0.15) is 5.26 Å². The van der Waals surface area contributed by atoms with E-state index in [1.165, 1.54) is 5.56 Å². The zero-order valence-corrected chi connectivity index (χ0v) is 10.7.